The van der Waals surface area contributed by atoms with Crippen molar-refractivity contribution in [2.24, 2.45) is 0 Å². The van der Waals surface area contributed by atoms with Crippen LogP contribution in [-0.4, -0.2) is 23.3 Å². The topological polar surface area (TPSA) is 54.4 Å². The number of carbonyl (C=O) groups is 2. The first-order valence-electron chi connectivity index (χ1n) is 3.95. The quantitative estimate of drug-likeness (QED) is 0.548. The molecule has 0 saturated carbocycles. The summed E-state index contributed by atoms with van der Waals surface area (Å²) < 4.78 is 0. The molecule has 3 heteroatoms. The number of aldehydes is 1. The smallest absolute Gasteiger partial charge is 0.165 e. The van der Waals surface area contributed by atoms with E-state index in [0.29, 0.717) is 11.8 Å². The lowest BCUT2D eigenvalue weighted by atomic mass is 10.1. The molecule has 0 aromatic heterocycles. The largest absolute Gasteiger partial charge is 0.385 e. The average Bonchev–Trinajstić information content (AvgIpc) is 2.19. The van der Waals surface area contributed by atoms with Crippen LogP contribution in [0.15, 0.2) is 30.3 Å². The molecule has 1 atom stereocenters. The van der Waals surface area contributed by atoms with Crippen LogP contribution in [0, 0.1) is 0 Å². The molecule has 1 N–H and O–H groups in total. The Morgan fingerprint density at radius 3 is 2.54 bits per heavy atom. The zero-order valence-corrected chi connectivity index (χ0v) is 7.01. The van der Waals surface area contributed by atoms with E-state index in [-0.39, 0.29) is 12.2 Å². The van der Waals surface area contributed by atoms with Gasteiger partial charge in [-0.3, -0.25) is 4.79 Å². The van der Waals surface area contributed by atoms with E-state index in [1.54, 1.807) is 30.3 Å². The van der Waals surface area contributed by atoms with Gasteiger partial charge in [-0.15, -0.1) is 0 Å². The lowest BCUT2D eigenvalue weighted by Crippen LogP contribution is -2.14. The Bertz CT molecular complexity index is 292. The van der Waals surface area contributed by atoms with E-state index >= 15 is 0 Å². The van der Waals surface area contributed by atoms with Gasteiger partial charge < -0.3 is 9.90 Å². The Labute approximate surface area is 76.0 Å². The normalized spacial score (nSPS) is 12.1. The van der Waals surface area contributed by atoms with Gasteiger partial charge in [0.15, 0.2) is 5.78 Å². The van der Waals surface area contributed by atoms with Crippen molar-refractivity contribution in [3.8, 4) is 0 Å². The minimum Gasteiger partial charge on any atom is -0.385 e. The van der Waals surface area contributed by atoms with Crippen molar-refractivity contribution in [3.05, 3.63) is 35.9 Å². The summed E-state index contributed by atoms with van der Waals surface area (Å²) in [4.78, 5) is 21.4. The number of aliphatic hydroxyl groups is 1. The highest BCUT2D eigenvalue weighted by molar-refractivity contribution is 5.97. The van der Waals surface area contributed by atoms with E-state index in [1.165, 1.54) is 0 Å². The highest BCUT2D eigenvalue weighted by Gasteiger charge is 2.10. The zero-order chi connectivity index (χ0) is 9.68. The van der Waals surface area contributed by atoms with Gasteiger partial charge in [-0.25, -0.2) is 0 Å². The summed E-state index contributed by atoms with van der Waals surface area (Å²) >= 11 is 0. The lowest BCUT2D eigenvalue weighted by molar-refractivity contribution is -0.114. The van der Waals surface area contributed by atoms with Gasteiger partial charge in [0.2, 0.25) is 0 Å². The third-order valence-corrected chi connectivity index (χ3v) is 1.65. The fourth-order valence-corrected chi connectivity index (χ4v) is 0.980. The lowest BCUT2D eigenvalue weighted by Gasteiger charge is -2.01. The van der Waals surface area contributed by atoms with E-state index in [4.69, 9.17) is 5.11 Å². The minimum absolute atomic E-state index is 0.145. The van der Waals surface area contributed by atoms with E-state index in [1.807, 2.05) is 0 Å². The molecule has 0 heterocycles. The standard InChI is InChI=1S/C10H10O3/c11-7-9(12)6-10(13)8-4-2-1-3-5-8/h1-5,7,9,12H,6H2. The fraction of sp³-hybridized carbons (Fsp3) is 0.200. The number of Topliss-reactive ketones (excluding diaryl/α,β-unsaturated/α-hetero) is 1. The third kappa shape index (κ3) is 2.80. The maximum Gasteiger partial charge on any atom is 0.165 e. The van der Waals surface area contributed by atoms with Crippen LogP contribution < -0.4 is 0 Å². The van der Waals surface area contributed by atoms with Crippen LogP contribution in [0.2, 0.25) is 0 Å². The highest BCUT2D eigenvalue weighted by atomic mass is 16.3. The Morgan fingerprint density at radius 1 is 1.38 bits per heavy atom. The van der Waals surface area contributed by atoms with Crippen LogP contribution in [0.5, 0.6) is 0 Å². The molecule has 0 radical (unpaired) electrons. The molecule has 0 saturated heterocycles. The molecular formula is C10H10O3. The molecule has 0 aliphatic rings. The van der Waals surface area contributed by atoms with Gasteiger partial charge in [0, 0.05) is 12.0 Å². The molecular weight excluding hydrogens is 168 g/mol. The third-order valence-electron chi connectivity index (χ3n) is 1.65. The van der Waals surface area contributed by atoms with E-state index in [2.05, 4.69) is 0 Å². The minimum atomic E-state index is -1.19. The first-order valence-corrected chi connectivity index (χ1v) is 3.95. The summed E-state index contributed by atoms with van der Waals surface area (Å²) in [5.74, 6) is -0.222. The maximum absolute atomic E-state index is 11.3. The second-order valence-electron chi connectivity index (χ2n) is 2.70. The molecule has 0 amide bonds. The highest BCUT2D eigenvalue weighted by Crippen LogP contribution is 2.04. The number of hydrogen-bond acceptors (Lipinski definition) is 3. The molecule has 0 aliphatic carbocycles. The van der Waals surface area contributed by atoms with Crippen molar-refractivity contribution in [2.45, 2.75) is 12.5 Å². The Morgan fingerprint density at radius 2 is 2.00 bits per heavy atom. The van der Waals surface area contributed by atoms with E-state index in [9.17, 15) is 9.59 Å². The van der Waals surface area contributed by atoms with Gasteiger partial charge in [-0.1, -0.05) is 30.3 Å². The van der Waals surface area contributed by atoms with Crippen molar-refractivity contribution in [1.82, 2.24) is 0 Å². The van der Waals surface area contributed by atoms with Gasteiger partial charge in [-0.05, 0) is 0 Å². The van der Waals surface area contributed by atoms with Crippen LogP contribution in [0.1, 0.15) is 16.8 Å². The number of benzene rings is 1. The zero-order valence-electron chi connectivity index (χ0n) is 7.01. The number of ketones is 1. The summed E-state index contributed by atoms with van der Waals surface area (Å²) in [5, 5.41) is 8.90. The molecule has 3 nitrogen and oxygen atoms in total. The van der Waals surface area contributed by atoms with Crippen molar-refractivity contribution < 1.29 is 14.7 Å². The first-order chi connectivity index (χ1) is 6.24. The predicted octanol–water partition coefficient (Wildman–Crippen LogP) is 0.819. The average molecular weight is 178 g/mol. The number of rotatable bonds is 4. The van der Waals surface area contributed by atoms with Crippen molar-refractivity contribution in [3.63, 3.8) is 0 Å². The second-order valence-corrected chi connectivity index (χ2v) is 2.70. The van der Waals surface area contributed by atoms with Gasteiger partial charge in [-0.2, -0.15) is 0 Å². The van der Waals surface area contributed by atoms with Crippen LogP contribution in [0.4, 0.5) is 0 Å². The Kier molecular flexibility index (Phi) is 3.34. The molecule has 0 aliphatic heterocycles. The number of aliphatic hydroxyl groups excluding tert-OH is 1. The van der Waals surface area contributed by atoms with Gasteiger partial charge in [0.05, 0.1) is 0 Å². The van der Waals surface area contributed by atoms with Crippen molar-refractivity contribution >= 4 is 12.1 Å². The monoisotopic (exact) mass is 178 g/mol. The first kappa shape index (κ1) is 9.61. The molecule has 68 valence electrons. The summed E-state index contributed by atoms with van der Waals surface area (Å²) in [6.45, 7) is 0. The molecule has 0 fully saturated rings. The summed E-state index contributed by atoms with van der Waals surface area (Å²) in [7, 11) is 0. The fourth-order valence-electron chi connectivity index (χ4n) is 0.980. The van der Waals surface area contributed by atoms with Crippen LogP contribution in [0.3, 0.4) is 0 Å². The van der Waals surface area contributed by atoms with E-state index < -0.39 is 6.10 Å². The van der Waals surface area contributed by atoms with E-state index in [0.717, 1.165) is 0 Å². The van der Waals surface area contributed by atoms with Crippen molar-refractivity contribution in [2.75, 3.05) is 0 Å². The van der Waals surface area contributed by atoms with Gasteiger partial charge >= 0.3 is 0 Å². The van der Waals surface area contributed by atoms with Gasteiger partial charge in [0.1, 0.15) is 12.4 Å². The Balaban J connectivity index is 2.64. The molecule has 1 aromatic rings. The Hall–Kier alpha value is -1.48. The van der Waals surface area contributed by atoms with Crippen molar-refractivity contribution in [1.29, 1.82) is 0 Å². The number of carbonyl (C=O) groups excluding carboxylic acids is 2. The maximum atomic E-state index is 11.3. The second kappa shape index (κ2) is 4.52. The molecule has 13 heavy (non-hydrogen) atoms. The van der Waals surface area contributed by atoms with Gasteiger partial charge in [0.25, 0.3) is 0 Å². The molecule has 1 rings (SSSR count). The summed E-state index contributed by atoms with van der Waals surface area (Å²) in [6, 6.07) is 8.58. The molecule has 0 bridgehead atoms. The number of hydrogen-bond donors (Lipinski definition) is 1. The molecule has 0 spiro atoms. The SMILES string of the molecule is O=CC(O)CC(=O)c1ccccc1. The molecule has 1 unspecified atom stereocenters. The van der Waals surface area contributed by atoms with Crippen LogP contribution >= 0.6 is 0 Å². The summed E-state index contributed by atoms with van der Waals surface area (Å²) in [5.41, 5.74) is 0.517. The van der Waals surface area contributed by atoms with Crippen LogP contribution in [-0.2, 0) is 4.79 Å². The molecule has 1 aromatic carbocycles. The van der Waals surface area contributed by atoms with Crippen LogP contribution in [0.25, 0.3) is 0 Å². The predicted molar refractivity (Wildman–Crippen MR) is 47.5 cm³/mol. The summed E-state index contributed by atoms with van der Waals surface area (Å²) in [6.07, 6.45) is -0.971.